The second kappa shape index (κ2) is 7.17. The molecule has 0 N–H and O–H groups in total. The topological polar surface area (TPSA) is 12.4 Å². The molecule has 0 fully saturated rings. The Bertz CT molecular complexity index is 1190. The molecule has 2 aliphatic carbocycles. The van der Waals surface area contributed by atoms with Gasteiger partial charge in [0.1, 0.15) is 10.9 Å². The Morgan fingerprint density at radius 3 is 2.67 bits per heavy atom. The van der Waals surface area contributed by atoms with Gasteiger partial charge in [0.15, 0.2) is 0 Å². The van der Waals surface area contributed by atoms with Crippen molar-refractivity contribution >= 4 is 28.6 Å². The smallest absolute Gasteiger partial charge is 0.273 e. The number of benzene rings is 1. The zero-order chi connectivity index (χ0) is 21.0. The van der Waals surface area contributed by atoms with Crippen LogP contribution in [0.2, 0.25) is 0 Å². The molecule has 2 heterocycles. The van der Waals surface area contributed by atoms with Gasteiger partial charge in [-0.25, -0.2) is 4.39 Å². The average molecular weight is 446 g/mol. The molecule has 4 aliphatic rings. The number of aliphatic imine (C=N–C) groups is 1. The lowest BCUT2D eigenvalue weighted by Crippen LogP contribution is -2.12. The maximum Gasteiger partial charge on any atom is 0.416 e. The fourth-order valence-electron chi connectivity index (χ4n) is 3.78. The summed E-state index contributed by atoms with van der Waals surface area (Å²) in [7, 11) is 0. The lowest BCUT2D eigenvalue weighted by molar-refractivity contribution is -0.0882. The molecule has 0 saturated heterocycles. The van der Waals surface area contributed by atoms with Crippen molar-refractivity contribution in [1.82, 2.24) is 0 Å². The number of alkyl halides is 3. The third kappa shape index (κ3) is 3.34. The van der Waals surface area contributed by atoms with Crippen molar-refractivity contribution in [3.63, 3.8) is 0 Å². The second-order valence-electron chi connectivity index (χ2n) is 7.32. The Labute approximate surface area is 179 Å². The second-order valence-corrected chi connectivity index (χ2v) is 9.24. The summed E-state index contributed by atoms with van der Waals surface area (Å²) in [6, 6.07) is 4.93. The van der Waals surface area contributed by atoms with E-state index in [4.69, 9.17) is 0 Å². The quantitative estimate of drug-likeness (QED) is 0.426. The summed E-state index contributed by atoms with van der Waals surface area (Å²) < 4.78 is 55.2. The highest BCUT2D eigenvalue weighted by Crippen LogP contribution is 2.52. The van der Waals surface area contributed by atoms with Crippen molar-refractivity contribution in [2.75, 3.05) is 6.54 Å². The van der Waals surface area contributed by atoms with Gasteiger partial charge in [0, 0.05) is 21.8 Å². The summed E-state index contributed by atoms with van der Waals surface area (Å²) in [5.41, 5.74) is 3.64. The molecule has 7 heteroatoms. The molecule has 0 spiro atoms. The van der Waals surface area contributed by atoms with Crippen LogP contribution in [0.4, 0.5) is 17.6 Å². The number of aryl methyl sites for hydroxylation is 1. The van der Waals surface area contributed by atoms with E-state index < -0.39 is 11.7 Å². The third-order valence-corrected chi connectivity index (χ3v) is 7.61. The Balaban J connectivity index is 1.66. The van der Waals surface area contributed by atoms with E-state index in [2.05, 4.69) is 4.99 Å². The molecule has 1 aromatic carbocycles. The molecule has 2 aliphatic heterocycles. The highest BCUT2D eigenvalue weighted by atomic mass is 32.2. The number of allylic oxidation sites excluding steroid dienone is 8. The first kappa shape index (κ1) is 19.7. The predicted molar refractivity (Wildman–Crippen MR) is 116 cm³/mol. The van der Waals surface area contributed by atoms with Gasteiger partial charge in [-0.1, -0.05) is 47.8 Å². The van der Waals surface area contributed by atoms with Crippen LogP contribution in [0.15, 0.2) is 90.6 Å². The highest BCUT2D eigenvalue weighted by Gasteiger charge is 2.38. The number of thioether (sulfide) groups is 2. The Morgan fingerprint density at radius 1 is 1.07 bits per heavy atom. The largest absolute Gasteiger partial charge is 0.416 e. The summed E-state index contributed by atoms with van der Waals surface area (Å²) in [5, 5.41) is 2.51. The van der Waals surface area contributed by atoms with Crippen molar-refractivity contribution in [2.45, 2.75) is 19.5 Å². The third-order valence-electron chi connectivity index (χ3n) is 5.32. The normalized spacial score (nSPS) is 20.7. The Morgan fingerprint density at radius 2 is 1.90 bits per heavy atom. The van der Waals surface area contributed by atoms with E-state index in [1.165, 1.54) is 41.7 Å². The fourth-order valence-corrected chi connectivity index (χ4v) is 5.80. The van der Waals surface area contributed by atoms with Gasteiger partial charge in [0.05, 0.1) is 12.1 Å². The number of rotatable bonds is 1. The average Bonchev–Trinajstić information content (AvgIpc) is 2.98. The number of nitrogens with zero attached hydrogens (tertiary/aromatic N) is 1. The van der Waals surface area contributed by atoms with Crippen LogP contribution < -0.4 is 0 Å². The number of hydrogen-bond donors (Lipinski definition) is 0. The zero-order valence-corrected chi connectivity index (χ0v) is 17.4. The molecular weight excluding hydrogens is 430 g/mol. The first-order chi connectivity index (χ1) is 14.3. The van der Waals surface area contributed by atoms with Crippen LogP contribution in [0.25, 0.3) is 0 Å². The van der Waals surface area contributed by atoms with E-state index in [9.17, 15) is 17.6 Å². The van der Waals surface area contributed by atoms with Crippen LogP contribution in [-0.2, 0) is 0 Å². The first-order valence-electron chi connectivity index (χ1n) is 9.30. The Hall–Kier alpha value is -2.25. The molecule has 0 aromatic heterocycles. The molecule has 152 valence electrons. The SMILES string of the molecule is Cc1ccc(C2=NCC3=CC(C(F)(F)F)=CC4=C5SC=CC=C5CC4=C3S2)cc1F. The molecule has 5 rings (SSSR count). The van der Waals surface area contributed by atoms with E-state index in [-0.39, 0.29) is 12.4 Å². The van der Waals surface area contributed by atoms with Crippen LogP contribution in [-0.4, -0.2) is 17.8 Å². The lowest BCUT2D eigenvalue weighted by atomic mass is 10.1. The standard InChI is InChI=1S/C23H15F4NS2/c1-12-4-5-14(9-19(12)24)22-28-11-15-7-16(23(25,26)27)10-18-17(21(15)30-22)8-13-3-2-6-29-20(13)18/h2-7,9-10H,8,11H2,1H3. The summed E-state index contributed by atoms with van der Waals surface area (Å²) in [6.45, 7) is 1.82. The minimum atomic E-state index is -4.45. The minimum Gasteiger partial charge on any atom is -0.273 e. The molecule has 0 bridgehead atoms. The van der Waals surface area contributed by atoms with E-state index in [0.29, 0.717) is 33.7 Å². The maximum absolute atomic E-state index is 14.1. The van der Waals surface area contributed by atoms with Crippen molar-refractivity contribution < 1.29 is 17.6 Å². The summed E-state index contributed by atoms with van der Waals surface area (Å²) >= 11 is 2.79. The van der Waals surface area contributed by atoms with E-state index in [1.54, 1.807) is 19.1 Å². The number of hydrogen-bond acceptors (Lipinski definition) is 3. The van der Waals surface area contributed by atoms with Gasteiger partial charge in [-0.3, -0.25) is 4.99 Å². The molecule has 0 unspecified atom stereocenters. The summed E-state index contributed by atoms with van der Waals surface area (Å²) in [6.07, 6.45) is 2.49. The van der Waals surface area contributed by atoms with E-state index in [1.807, 2.05) is 17.6 Å². The van der Waals surface area contributed by atoms with Crippen LogP contribution in [0.1, 0.15) is 17.5 Å². The molecule has 1 aromatic rings. The maximum atomic E-state index is 14.1. The molecular formula is C23H15F4NS2. The molecule has 0 atom stereocenters. The highest BCUT2D eigenvalue weighted by molar-refractivity contribution is 8.18. The van der Waals surface area contributed by atoms with Crippen LogP contribution >= 0.6 is 23.5 Å². The zero-order valence-electron chi connectivity index (χ0n) is 15.8. The van der Waals surface area contributed by atoms with Crippen molar-refractivity contribution in [3.8, 4) is 0 Å². The van der Waals surface area contributed by atoms with Crippen molar-refractivity contribution in [3.05, 3.63) is 103 Å². The molecule has 30 heavy (non-hydrogen) atoms. The fraction of sp³-hybridized carbons (Fsp3) is 0.174. The van der Waals surface area contributed by atoms with Gasteiger partial charge >= 0.3 is 6.18 Å². The minimum absolute atomic E-state index is 0.136. The van der Waals surface area contributed by atoms with Crippen molar-refractivity contribution in [1.29, 1.82) is 0 Å². The summed E-state index contributed by atoms with van der Waals surface area (Å²) in [4.78, 5) is 6.16. The number of fused-ring (bicyclic) bond motifs is 3. The number of halogens is 4. The van der Waals surface area contributed by atoms with E-state index in [0.717, 1.165) is 21.0 Å². The van der Waals surface area contributed by atoms with Gasteiger partial charge < -0.3 is 0 Å². The lowest BCUT2D eigenvalue weighted by Gasteiger charge is -2.20. The van der Waals surface area contributed by atoms with Crippen LogP contribution in [0, 0.1) is 12.7 Å². The van der Waals surface area contributed by atoms with E-state index >= 15 is 0 Å². The molecule has 0 radical (unpaired) electrons. The van der Waals surface area contributed by atoms with Gasteiger partial charge in [0.2, 0.25) is 0 Å². The Kier molecular flexibility index (Phi) is 4.71. The van der Waals surface area contributed by atoms with Crippen LogP contribution in [0.5, 0.6) is 0 Å². The van der Waals surface area contributed by atoms with Gasteiger partial charge in [-0.2, -0.15) is 13.2 Å². The molecule has 0 amide bonds. The van der Waals surface area contributed by atoms with Gasteiger partial charge in [0.25, 0.3) is 0 Å². The molecule has 0 saturated carbocycles. The van der Waals surface area contributed by atoms with Gasteiger partial charge in [-0.05, 0) is 58.4 Å². The molecule has 1 nitrogen and oxygen atoms in total. The monoisotopic (exact) mass is 445 g/mol. The summed E-state index contributed by atoms with van der Waals surface area (Å²) in [5.74, 6) is -0.320. The van der Waals surface area contributed by atoms with Crippen LogP contribution in [0.3, 0.4) is 0 Å². The first-order valence-corrected chi connectivity index (χ1v) is 11.0. The predicted octanol–water partition coefficient (Wildman–Crippen LogP) is 7.16. The van der Waals surface area contributed by atoms with Gasteiger partial charge in [-0.15, -0.1) is 0 Å². The van der Waals surface area contributed by atoms with Crippen molar-refractivity contribution in [2.24, 2.45) is 4.99 Å².